The van der Waals surface area contributed by atoms with Gasteiger partial charge in [-0.1, -0.05) is 37.5 Å². The second-order valence-corrected chi connectivity index (χ2v) is 8.59. The van der Waals surface area contributed by atoms with Crippen LogP contribution in [-0.2, 0) is 4.79 Å². The van der Waals surface area contributed by atoms with Crippen LogP contribution in [0.4, 0.5) is 11.8 Å². The van der Waals surface area contributed by atoms with Crippen LogP contribution in [0.1, 0.15) is 43.4 Å². The summed E-state index contributed by atoms with van der Waals surface area (Å²) in [4.78, 5) is 26.1. The number of hydrogen-bond donors (Lipinski definition) is 1. The monoisotopic (exact) mass is 423 g/mol. The van der Waals surface area contributed by atoms with Gasteiger partial charge in [0.2, 0.25) is 5.95 Å². The van der Waals surface area contributed by atoms with E-state index in [2.05, 4.69) is 15.2 Å². The van der Waals surface area contributed by atoms with Gasteiger partial charge >= 0.3 is 0 Å². The Hall–Kier alpha value is -2.83. The fourth-order valence-electron chi connectivity index (χ4n) is 4.34. The van der Waals surface area contributed by atoms with Crippen molar-refractivity contribution in [2.45, 2.75) is 52.0 Å². The van der Waals surface area contributed by atoms with Gasteiger partial charge in [-0.15, -0.1) is 0 Å². The smallest absolute Gasteiger partial charge is 0.260 e. The predicted molar refractivity (Wildman–Crippen MR) is 123 cm³/mol. The maximum Gasteiger partial charge on any atom is 0.260 e. The largest absolute Gasteiger partial charge is 0.484 e. The van der Waals surface area contributed by atoms with Crippen LogP contribution < -0.4 is 15.0 Å². The van der Waals surface area contributed by atoms with Crippen molar-refractivity contribution in [2.75, 3.05) is 43.0 Å². The van der Waals surface area contributed by atoms with Crippen molar-refractivity contribution in [3.63, 3.8) is 0 Å². The molecule has 1 aliphatic heterocycles. The number of benzene rings is 1. The Morgan fingerprint density at radius 3 is 2.55 bits per heavy atom. The molecule has 1 aromatic carbocycles. The number of rotatable bonds is 6. The Morgan fingerprint density at radius 1 is 1.06 bits per heavy atom. The number of ether oxygens (including phenoxy) is 1. The molecule has 0 radical (unpaired) electrons. The van der Waals surface area contributed by atoms with Crippen LogP contribution in [0.3, 0.4) is 0 Å². The quantitative estimate of drug-likeness (QED) is 0.766. The molecule has 0 unspecified atom stereocenters. The molecule has 0 spiro atoms. The highest BCUT2D eigenvalue weighted by atomic mass is 16.5. The summed E-state index contributed by atoms with van der Waals surface area (Å²) in [5, 5.41) is 3.54. The van der Waals surface area contributed by atoms with Gasteiger partial charge in [0.1, 0.15) is 11.6 Å². The van der Waals surface area contributed by atoms with Crippen LogP contribution in [-0.4, -0.2) is 59.6 Å². The van der Waals surface area contributed by atoms with E-state index in [4.69, 9.17) is 9.72 Å². The molecule has 2 aliphatic rings. The molecule has 7 heteroatoms. The van der Waals surface area contributed by atoms with E-state index >= 15 is 0 Å². The highest BCUT2D eigenvalue weighted by Gasteiger charge is 2.23. The van der Waals surface area contributed by atoms with Crippen LogP contribution in [0.2, 0.25) is 0 Å². The van der Waals surface area contributed by atoms with E-state index in [0.717, 1.165) is 41.9 Å². The third-order valence-electron chi connectivity index (χ3n) is 6.18. The minimum Gasteiger partial charge on any atom is -0.484 e. The third-order valence-corrected chi connectivity index (χ3v) is 6.18. The molecule has 2 heterocycles. The highest BCUT2D eigenvalue weighted by molar-refractivity contribution is 5.78. The van der Waals surface area contributed by atoms with E-state index in [1.807, 2.05) is 49.1 Å². The SMILES string of the molecule is Cc1cc(N2CCN(C(=O)COc3ccccc3C)CC2)nc(NC2CCCCC2)n1. The number of carbonyl (C=O) groups excluding carboxylic acids is 1. The van der Waals surface area contributed by atoms with Crippen molar-refractivity contribution in [3.8, 4) is 5.75 Å². The number of carbonyl (C=O) groups is 1. The fourth-order valence-corrected chi connectivity index (χ4v) is 4.34. The Kier molecular flexibility index (Phi) is 6.89. The first-order chi connectivity index (χ1) is 15.1. The minimum absolute atomic E-state index is 0.0291. The van der Waals surface area contributed by atoms with Crippen molar-refractivity contribution in [3.05, 3.63) is 41.6 Å². The lowest BCUT2D eigenvalue weighted by Gasteiger charge is -2.35. The number of nitrogens with zero attached hydrogens (tertiary/aromatic N) is 4. The molecule has 1 N–H and O–H groups in total. The summed E-state index contributed by atoms with van der Waals surface area (Å²) in [6.45, 7) is 6.94. The van der Waals surface area contributed by atoms with Gasteiger partial charge in [-0.25, -0.2) is 4.98 Å². The molecule has 1 amide bonds. The average molecular weight is 424 g/mol. The molecular weight excluding hydrogens is 390 g/mol. The maximum absolute atomic E-state index is 12.6. The molecule has 2 aromatic rings. The predicted octanol–water partition coefficient (Wildman–Crippen LogP) is 3.57. The first-order valence-electron chi connectivity index (χ1n) is 11.4. The van der Waals surface area contributed by atoms with Crippen LogP contribution in [0, 0.1) is 13.8 Å². The van der Waals surface area contributed by atoms with E-state index in [1.165, 1.54) is 32.1 Å². The molecule has 1 aromatic heterocycles. The Bertz CT molecular complexity index is 889. The summed E-state index contributed by atoms with van der Waals surface area (Å²) in [6, 6.07) is 10.3. The van der Waals surface area contributed by atoms with Gasteiger partial charge in [0, 0.05) is 44.0 Å². The lowest BCUT2D eigenvalue weighted by atomic mass is 9.96. The number of para-hydroxylation sites is 1. The molecule has 2 fully saturated rings. The average Bonchev–Trinajstić information content (AvgIpc) is 2.79. The van der Waals surface area contributed by atoms with Crippen molar-refractivity contribution >= 4 is 17.7 Å². The minimum atomic E-state index is 0.0291. The zero-order chi connectivity index (χ0) is 21.6. The van der Waals surface area contributed by atoms with Gasteiger partial charge in [-0.2, -0.15) is 4.98 Å². The van der Waals surface area contributed by atoms with Crippen molar-refractivity contribution in [1.82, 2.24) is 14.9 Å². The lowest BCUT2D eigenvalue weighted by Crippen LogP contribution is -2.50. The highest BCUT2D eigenvalue weighted by Crippen LogP contribution is 2.22. The third kappa shape index (κ3) is 5.66. The van der Waals surface area contributed by atoms with E-state index < -0.39 is 0 Å². The summed E-state index contributed by atoms with van der Waals surface area (Å²) >= 11 is 0. The Morgan fingerprint density at radius 2 is 1.81 bits per heavy atom. The van der Waals surface area contributed by atoms with Crippen LogP contribution in [0.5, 0.6) is 5.75 Å². The number of nitrogens with one attached hydrogen (secondary N) is 1. The Labute approximate surface area is 184 Å². The van der Waals surface area contributed by atoms with Crippen molar-refractivity contribution in [2.24, 2.45) is 0 Å². The molecule has 1 saturated carbocycles. The second-order valence-electron chi connectivity index (χ2n) is 8.59. The summed E-state index contributed by atoms with van der Waals surface area (Å²) in [6.07, 6.45) is 6.27. The van der Waals surface area contributed by atoms with Gasteiger partial charge in [0.05, 0.1) is 0 Å². The number of amides is 1. The summed E-state index contributed by atoms with van der Waals surface area (Å²) in [7, 11) is 0. The normalized spacial score (nSPS) is 17.5. The van der Waals surface area contributed by atoms with Gasteiger partial charge in [-0.05, 0) is 38.3 Å². The zero-order valence-electron chi connectivity index (χ0n) is 18.6. The number of hydrogen-bond acceptors (Lipinski definition) is 6. The van der Waals surface area contributed by atoms with Crippen molar-refractivity contribution in [1.29, 1.82) is 0 Å². The number of aromatic nitrogens is 2. The zero-order valence-corrected chi connectivity index (χ0v) is 18.6. The molecule has 31 heavy (non-hydrogen) atoms. The second kappa shape index (κ2) is 9.98. The van der Waals surface area contributed by atoms with E-state index in [1.54, 1.807) is 0 Å². The first kappa shape index (κ1) is 21.4. The molecule has 0 atom stereocenters. The summed E-state index contributed by atoms with van der Waals surface area (Å²) in [5.74, 6) is 2.46. The molecule has 1 aliphatic carbocycles. The van der Waals surface area contributed by atoms with E-state index in [0.29, 0.717) is 19.1 Å². The maximum atomic E-state index is 12.6. The van der Waals surface area contributed by atoms with Gasteiger partial charge in [0.25, 0.3) is 5.91 Å². The molecule has 4 rings (SSSR count). The van der Waals surface area contributed by atoms with E-state index in [9.17, 15) is 4.79 Å². The topological polar surface area (TPSA) is 70.6 Å². The summed E-state index contributed by atoms with van der Waals surface area (Å²) < 4.78 is 5.73. The molecule has 166 valence electrons. The van der Waals surface area contributed by atoms with Crippen LogP contribution in [0.15, 0.2) is 30.3 Å². The Balaban J connectivity index is 1.30. The fraction of sp³-hybridized carbons (Fsp3) is 0.542. The van der Waals surface area contributed by atoms with Crippen molar-refractivity contribution < 1.29 is 9.53 Å². The number of aryl methyl sites for hydroxylation is 2. The molecular formula is C24H33N5O2. The lowest BCUT2D eigenvalue weighted by molar-refractivity contribution is -0.133. The van der Waals surface area contributed by atoms with Gasteiger partial charge in [0.15, 0.2) is 6.61 Å². The number of piperazine rings is 1. The number of anilines is 2. The molecule has 7 nitrogen and oxygen atoms in total. The van der Waals surface area contributed by atoms with Gasteiger partial charge in [-0.3, -0.25) is 4.79 Å². The summed E-state index contributed by atoms with van der Waals surface area (Å²) in [5.41, 5.74) is 2.00. The molecule has 1 saturated heterocycles. The van der Waals surface area contributed by atoms with Crippen LogP contribution in [0.25, 0.3) is 0 Å². The first-order valence-corrected chi connectivity index (χ1v) is 11.4. The standard InChI is InChI=1S/C24H33N5O2/c1-18-8-6-7-11-21(18)31-17-23(30)29-14-12-28(13-15-29)22-16-19(2)25-24(27-22)26-20-9-4-3-5-10-20/h6-8,11,16,20H,3-5,9-10,12-15,17H2,1-2H3,(H,25,26,27). The van der Waals surface area contributed by atoms with Gasteiger partial charge < -0.3 is 19.9 Å². The van der Waals surface area contributed by atoms with Crippen LogP contribution >= 0.6 is 0 Å². The van der Waals surface area contributed by atoms with E-state index in [-0.39, 0.29) is 12.5 Å². The molecule has 0 bridgehead atoms.